The zero-order valence-corrected chi connectivity index (χ0v) is 12.2. The number of nitrogens with one attached hydrogen (secondary N) is 1. The molecule has 6 heteroatoms. The van der Waals surface area contributed by atoms with Crippen LogP contribution >= 0.6 is 11.5 Å². The first kappa shape index (κ1) is 13.1. The smallest absolute Gasteiger partial charge is 0.202 e. The average molecular weight is 287 g/mol. The second kappa shape index (κ2) is 6.00. The lowest BCUT2D eigenvalue weighted by Crippen LogP contribution is -2.06. The Morgan fingerprint density at radius 3 is 3.05 bits per heavy atom. The fraction of sp³-hybridized carbons (Fsp3) is 0.357. The number of anilines is 1. The second-order valence-electron chi connectivity index (χ2n) is 4.58. The fourth-order valence-electron chi connectivity index (χ4n) is 2.10. The van der Waals surface area contributed by atoms with Gasteiger partial charge >= 0.3 is 0 Å². The van der Waals surface area contributed by atoms with Crippen LogP contribution in [0.15, 0.2) is 30.6 Å². The lowest BCUT2D eigenvalue weighted by molar-refractivity contribution is 0.677. The minimum atomic E-state index is 0.888. The molecule has 0 aliphatic rings. The van der Waals surface area contributed by atoms with Gasteiger partial charge in [-0.1, -0.05) is 19.1 Å². The molecule has 5 nitrogen and oxygen atoms in total. The van der Waals surface area contributed by atoms with E-state index in [4.69, 9.17) is 0 Å². The van der Waals surface area contributed by atoms with Crippen LogP contribution in [0.25, 0.3) is 11.0 Å². The van der Waals surface area contributed by atoms with Gasteiger partial charge in [-0.25, -0.2) is 9.97 Å². The molecule has 104 valence electrons. The highest BCUT2D eigenvalue weighted by Gasteiger charge is 2.02. The van der Waals surface area contributed by atoms with Crippen molar-refractivity contribution in [1.29, 1.82) is 0 Å². The Kier molecular flexibility index (Phi) is 3.92. The maximum Gasteiger partial charge on any atom is 0.202 e. The molecule has 1 N–H and O–H groups in total. The van der Waals surface area contributed by atoms with E-state index < -0.39 is 0 Å². The zero-order chi connectivity index (χ0) is 13.8. The van der Waals surface area contributed by atoms with Gasteiger partial charge in [0.05, 0.1) is 17.4 Å². The van der Waals surface area contributed by atoms with Crippen molar-refractivity contribution in [1.82, 2.24) is 18.9 Å². The van der Waals surface area contributed by atoms with Gasteiger partial charge in [0.1, 0.15) is 5.82 Å². The number of rotatable bonds is 6. The topological polar surface area (TPSA) is 55.6 Å². The Morgan fingerprint density at radius 2 is 2.20 bits per heavy atom. The Labute approximate surface area is 121 Å². The van der Waals surface area contributed by atoms with Crippen LogP contribution in [-0.4, -0.2) is 25.5 Å². The van der Waals surface area contributed by atoms with Crippen molar-refractivity contribution in [2.45, 2.75) is 26.3 Å². The van der Waals surface area contributed by atoms with Crippen molar-refractivity contribution in [3.8, 4) is 0 Å². The molecule has 0 fully saturated rings. The van der Waals surface area contributed by atoms with Gasteiger partial charge in [0.15, 0.2) is 0 Å². The van der Waals surface area contributed by atoms with Crippen molar-refractivity contribution in [3.63, 3.8) is 0 Å². The van der Waals surface area contributed by atoms with Crippen LogP contribution in [0.2, 0.25) is 0 Å². The van der Waals surface area contributed by atoms with Crippen molar-refractivity contribution in [3.05, 3.63) is 36.4 Å². The molecule has 0 bridgehead atoms. The van der Waals surface area contributed by atoms with Crippen molar-refractivity contribution < 1.29 is 0 Å². The number of aromatic nitrogens is 4. The molecule has 2 aromatic heterocycles. The zero-order valence-electron chi connectivity index (χ0n) is 11.4. The SMILES string of the molecule is CCc1nsc(NCCCn2cnc3ccccc32)n1. The molecule has 2 heterocycles. The number of hydrogen-bond donors (Lipinski definition) is 1. The summed E-state index contributed by atoms with van der Waals surface area (Å²) in [5, 5.41) is 4.24. The maximum absolute atomic E-state index is 4.39. The van der Waals surface area contributed by atoms with Crippen LogP contribution in [0, 0.1) is 0 Å². The lowest BCUT2D eigenvalue weighted by atomic mass is 10.3. The molecule has 0 atom stereocenters. The van der Waals surface area contributed by atoms with Crippen molar-refractivity contribution in [2.24, 2.45) is 0 Å². The molecule has 0 saturated heterocycles. The van der Waals surface area contributed by atoms with Gasteiger partial charge in [-0.05, 0) is 18.6 Å². The third kappa shape index (κ3) is 2.80. The summed E-state index contributed by atoms with van der Waals surface area (Å²) in [5.41, 5.74) is 2.24. The van der Waals surface area contributed by atoms with E-state index in [2.05, 4.69) is 37.2 Å². The predicted molar refractivity (Wildman–Crippen MR) is 82.1 cm³/mol. The fourth-order valence-corrected chi connectivity index (χ4v) is 2.78. The first-order valence-corrected chi connectivity index (χ1v) is 7.60. The first-order chi connectivity index (χ1) is 9.86. The van der Waals surface area contributed by atoms with Gasteiger partial charge in [-0.2, -0.15) is 4.37 Å². The summed E-state index contributed by atoms with van der Waals surface area (Å²) in [7, 11) is 0. The molecule has 20 heavy (non-hydrogen) atoms. The van der Waals surface area contributed by atoms with Crippen molar-refractivity contribution in [2.75, 3.05) is 11.9 Å². The van der Waals surface area contributed by atoms with Crippen LogP contribution in [0.4, 0.5) is 5.13 Å². The Bertz CT molecular complexity index is 688. The number of hydrogen-bond acceptors (Lipinski definition) is 5. The largest absolute Gasteiger partial charge is 0.360 e. The number of aryl methyl sites for hydroxylation is 2. The minimum Gasteiger partial charge on any atom is -0.360 e. The molecule has 3 aromatic rings. The van der Waals surface area contributed by atoms with E-state index in [0.717, 1.165) is 42.4 Å². The van der Waals surface area contributed by atoms with Crippen LogP contribution in [0.1, 0.15) is 19.2 Å². The van der Waals surface area contributed by atoms with E-state index in [-0.39, 0.29) is 0 Å². The van der Waals surface area contributed by atoms with E-state index in [1.165, 1.54) is 17.0 Å². The summed E-state index contributed by atoms with van der Waals surface area (Å²) in [4.78, 5) is 8.78. The summed E-state index contributed by atoms with van der Waals surface area (Å²) in [5.74, 6) is 0.915. The van der Waals surface area contributed by atoms with Crippen LogP contribution in [-0.2, 0) is 13.0 Å². The summed E-state index contributed by atoms with van der Waals surface area (Å²) < 4.78 is 6.45. The highest BCUT2D eigenvalue weighted by Crippen LogP contribution is 2.13. The summed E-state index contributed by atoms with van der Waals surface area (Å²) in [6, 6.07) is 8.21. The predicted octanol–water partition coefficient (Wildman–Crippen LogP) is 2.95. The molecular formula is C14H17N5S. The molecule has 0 aliphatic heterocycles. The minimum absolute atomic E-state index is 0.888. The third-order valence-electron chi connectivity index (χ3n) is 3.16. The molecule has 3 rings (SSSR count). The molecule has 0 spiro atoms. The van der Waals surface area contributed by atoms with E-state index in [9.17, 15) is 0 Å². The van der Waals surface area contributed by atoms with Crippen molar-refractivity contribution >= 4 is 27.7 Å². The molecule has 0 unspecified atom stereocenters. The summed E-state index contributed by atoms with van der Waals surface area (Å²) in [6.07, 6.45) is 3.82. The van der Waals surface area contributed by atoms with Crippen LogP contribution in [0.3, 0.4) is 0 Å². The molecule has 0 amide bonds. The summed E-state index contributed by atoms with van der Waals surface area (Å²) >= 11 is 1.43. The normalized spacial score (nSPS) is 11.1. The van der Waals surface area contributed by atoms with Gasteiger partial charge in [-0.15, -0.1) is 0 Å². The molecule has 1 aromatic carbocycles. The highest BCUT2D eigenvalue weighted by molar-refractivity contribution is 7.09. The Hall–Kier alpha value is -1.95. The van der Waals surface area contributed by atoms with Gasteiger partial charge < -0.3 is 9.88 Å². The van der Waals surface area contributed by atoms with E-state index in [1.807, 2.05) is 24.5 Å². The monoisotopic (exact) mass is 287 g/mol. The van der Waals surface area contributed by atoms with E-state index in [1.54, 1.807) is 0 Å². The van der Waals surface area contributed by atoms with Gasteiger partial charge in [0, 0.05) is 31.0 Å². The molecule has 0 aliphatic carbocycles. The maximum atomic E-state index is 4.39. The van der Waals surface area contributed by atoms with Crippen LogP contribution < -0.4 is 5.32 Å². The second-order valence-corrected chi connectivity index (χ2v) is 5.33. The molecule has 0 saturated carbocycles. The number of para-hydroxylation sites is 2. The number of benzene rings is 1. The van der Waals surface area contributed by atoms with Gasteiger partial charge in [-0.3, -0.25) is 0 Å². The Balaban J connectivity index is 1.52. The standard InChI is InChI=1S/C14H17N5S/c1-2-13-17-14(20-18-13)15-8-5-9-19-10-16-11-6-3-4-7-12(11)19/h3-4,6-7,10H,2,5,8-9H2,1H3,(H,15,17,18). The number of fused-ring (bicyclic) bond motifs is 1. The van der Waals surface area contributed by atoms with Gasteiger partial charge in [0.25, 0.3) is 0 Å². The van der Waals surface area contributed by atoms with Crippen LogP contribution in [0.5, 0.6) is 0 Å². The van der Waals surface area contributed by atoms with E-state index >= 15 is 0 Å². The molecular weight excluding hydrogens is 270 g/mol. The Morgan fingerprint density at radius 1 is 1.30 bits per heavy atom. The lowest BCUT2D eigenvalue weighted by Gasteiger charge is -2.04. The average Bonchev–Trinajstić information content (AvgIpc) is 3.10. The number of nitrogens with zero attached hydrogens (tertiary/aromatic N) is 4. The van der Waals surface area contributed by atoms with E-state index in [0.29, 0.717) is 0 Å². The first-order valence-electron chi connectivity index (χ1n) is 6.83. The number of imidazole rings is 1. The molecule has 0 radical (unpaired) electrons. The van der Waals surface area contributed by atoms with Gasteiger partial charge in [0.2, 0.25) is 5.13 Å². The highest BCUT2D eigenvalue weighted by atomic mass is 32.1. The third-order valence-corrected chi connectivity index (χ3v) is 3.87. The quantitative estimate of drug-likeness (QED) is 0.708. The summed E-state index contributed by atoms with van der Waals surface area (Å²) in [6.45, 7) is 3.91.